The molecule has 0 saturated heterocycles. The second-order valence-electron chi connectivity index (χ2n) is 5.26. The van der Waals surface area contributed by atoms with E-state index in [1.165, 1.54) is 5.56 Å². The minimum absolute atomic E-state index is 0.748. The minimum atomic E-state index is 0.748. The summed E-state index contributed by atoms with van der Waals surface area (Å²) in [5.74, 6) is 0.748. The quantitative estimate of drug-likeness (QED) is 0.514. The Morgan fingerprint density at radius 1 is 1.05 bits per heavy atom. The molecule has 4 nitrogen and oxygen atoms in total. The van der Waals surface area contributed by atoms with Crippen molar-refractivity contribution in [2.75, 3.05) is 0 Å². The molecule has 3 aromatic heterocycles. The smallest absolute Gasteiger partial charge is 0.233 e. The van der Waals surface area contributed by atoms with Gasteiger partial charge in [0.1, 0.15) is 7.85 Å². The summed E-state index contributed by atoms with van der Waals surface area (Å²) in [7, 11) is 2.04. The Kier molecular flexibility index (Phi) is 2.70. The van der Waals surface area contributed by atoms with Crippen LogP contribution in [0.1, 0.15) is 11.3 Å². The van der Waals surface area contributed by atoms with Gasteiger partial charge in [-0.3, -0.25) is 9.38 Å². The van der Waals surface area contributed by atoms with Crippen LogP contribution in [0.2, 0.25) is 0 Å². The van der Waals surface area contributed by atoms with Crippen LogP contribution in [0.4, 0.5) is 0 Å². The van der Waals surface area contributed by atoms with E-state index in [0.717, 1.165) is 34.3 Å². The number of fused-ring (bicyclic) bond motifs is 2. The summed E-state index contributed by atoms with van der Waals surface area (Å²) in [6.45, 7) is 0. The second kappa shape index (κ2) is 4.70. The van der Waals surface area contributed by atoms with Crippen LogP contribution in [0.15, 0.2) is 55.1 Å². The number of pyridine rings is 1. The third-order valence-corrected chi connectivity index (χ3v) is 3.62. The van der Waals surface area contributed by atoms with Crippen LogP contribution in [0.25, 0.3) is 16.7 Å². The average Bonchev–Trinajstić information content (AvgIpc) is 2.89. The molecule has 0 unspecified atom stereocenters. The fraction of sp³-hybridized carbons (Fsp3) is 0.0625. The highest BCUT2D eigenvalue weighted by Gasteiger charge is 2.06. The summed E-state index contributed by atoms with van der Waals surface area (Å²) < 4.78 is 2.06. The Balaban J connectivity index is 1.77. The monoisotopic (exact) mass is 272 g/mol. The molecule has 0 N–H and O–H groups in total. The number of nitrogens with zero attached hydrogens (tertiary/aromatic N) is 4. The van der Waals surface area contributed by atoms with Gasteiger partial charge >= 0.3 is 0 Å². The Labute approximate surface area is 122 Å². The topological polar surface area (TPSA) is 43.1 Å². The third kappa shape index (κ3) is 2.16. The molecule has 0 spiro atoms. The predicted octanol–water partition coefficient (Wildman–Crippen LogP) is 1.13. The van der Waals surface area contributed by atoms with E-state index in [0.29, 0.717) is 0 Å². The molecule has 21 heavy (non-hydrogen) atoms. The summed E-state index contributed by atoms with van der Waals surface area (Å²) in [4.78, 5) is 13.0. The van der Waals surface area contributed by atoms with Crippen molar-refractivity contribution in [2.45, 2.75) is 6.42 Å². The molecule has 0 atom stereocenters. The van der Waals surface area contributed by atoms with Crippen molar-refractivity contribution in [1.82, 2.24) is 19.4 Å². The minimum Gasteiger partial charge on any atom is -0.288 e. The van der Waals surface area contributed by atoms with Gasteiger partial charge in [-0.15, -0.1) is 0 Å². The van der Waals surface area contributed by atoms with Crippen LogP contribution >= 0.6 is 0 Å². The first-order valence-electron chi connectivity index (χ1n) is 6.92. The normalized spacial score (nSPS) is 11.2. The maximum absolute atomic E-state index is 4.36. The lowest BCUT2D eigenvalue weighted by Crippen LogP contribution is -2.08. The lowest BCUT2D eigenvalue weighted by Gasteiger charge is -2.04. The van der Waals surface area contributed by atoms with E-state index in [1.807, 2.05) is 32.5 Å². The molecule has 0 fully saturated rings. The van der Waals surface area contributed by atoms with E-state index >= 15 is 0 Å². The van der Waals surface area contributed by atoms with E-state index in [2.05, 4.69) is 49.8 Å². The summed E-state index contributed by atoms with van der Waals surface area (Å²) in [6.07, 6.45) is 8.47. The molecule has 3 heterocycles. The number of benzene rings is 1. The van der Waals surface area contributed by atoms with Crippen molar-refractivity contribution < 1.29 is 0 Å². The van der Waals surface area contributed by atoms with Crippen molar-refractivity contribution in [3.63, 3.8) is 0 Å². The average molecular weight is 272 g/mol. The number of aromatic nitrogens is 4. The van der Waals surface area contributed by atoms with Crippen LogP contribution in [0.5, 0.6) is 0 Å². The Morgan fingerprint density at radius 2 is 1.95 bits per heavy atom. The van der Waals surface area contributed by atoms with Gasteiger partial charge in [0.15, 0.2) is 0 Å². The Morgan fingerprint density at radius 3 is 2.90 bits per heavy atom. The first-order chi connectivity index (χ1) is 10.3. The van der Waals surface area contributed by atoms with Gasteiger partial charge in [0.25, 0.3) is 0 Å². The summed E-state index contributed by atoms with van der Waals surface area (Å²) in [5, 5.41) is 1.16. The van der Waals surface area contributed by atoms with E-state index in [9.17, 15) is 0 Å². The zero-order valence-corrected chi connectivity index (χ0v) is 11.7. The fourth-order valence-corrected chi connectivity index (χ4v) is 2.59. The highest BCUT2D eigenvalue weighted by Crippen LogP contribution is 2.16. The lowest BCUT2D eigenvalue weighted by molar-refractivity contribution is 1.01. The first kappa shape index (κ1) is 12.1. The predicted molar refractivity (Wildman–Crippen MR) is 85.7 cm³/mol. The summed E-state index contributed by atoms with van der Waals surface area (Å²) in [5.41, 5.74) is 4.55. The molecule has 0 saturated carbocycles. The van der Waals surface area contributed by atoms with Crippen LogP contribution in [0.3, 0.4) is 0 Å². The number of hydrogen-bond donors (Lipinski definition) is 0. The lowest BCUT2D eigenvalue weighted by atomic mass is 10.0. The van der Waals surface area contributed by atoms with Crippen molar-refractivity contribution >= 4 is 30.0 Å². The summed E-state index contributed by atoms with van der Waals surface area (Å²) >= 11 is 0. The van der Waals surface area contributed by atoms with Crippen molar-refractivity contribution in [1.29, 1.82) is 0 Å². The molecular formula is C16H13BN4. The maximum Gasteiger partial charge on any atom is 0.233 e. The van der Waals surface area contributed by atoms with Crippen LogP contribution in [0, 0.1) is 0 Å². The van der Waals surface area contributed by atoms with Gasteiger partial charge in [-0.25, -0.2) is 9.97 Å². The highest BCUT2D eigenvalue weighted by atomic mass is 15.1. The molecular weight excluding hydrogens is 259 g/mol. The van der Waals surface area contributed by atoms with Gasteiger partial charge in [-0.1, -0.05) is 17.6 Å². The molecule has 0 amide bonds. The van der Waals surface area contributed by atoms with Crippen molar-refractivity contribution in [3.8, 4) is 0 Å². The maximum atomic E-state index is 4.36. The zero-order chi connectivity index (χ0) is 14.2. The van der Waals surface area contributed by atoms with Crippen LogP contribution in [-0.2, 0) is 6.42 Å². The zero-order valence-electron chi connectivity index (χ0n) is 11.7. The van der Waals surface area contributed by atoms with E-state index in [1.54, 1.807) is 0 Å². The molecule has 100 valence electrons. The molecule has 4 aromatic rings. The van der Waals surface area contributed by atoms with Crippen LogP contribution < -0.4 is 5.46 Å². The first-order valence-corrected chi connectivity index (χ1v) is 6.92. The second-order valence-corrected chi connectivity index (χ2v) is 5.26. The fourth-order valence-electron chi connectivity index (χ4n) is 2.59. The third-order valence-electron chi connectivity index (χ3n) is 3.62. The SMILES string of the molecule is Bc1cnc2ncc(Cc3ccc4ncccc4c3)n2c1. The largest absolute Gasteiger partial charge is 0.288 e. The van der Waals surface area contributed by atoms with E-state index in [-0.39, 0.29) is 0 Å². The van der Waals surface area contributed by atoms with Gasteiger partial charge in [-0.05, 0) is 23.8 Å². The van der Waals surface area contributed by atoms with E-state index in [4.69, 9.17) is 0 Å². The van der Waals surface area contributed by atoms with Gasteiger partial charge in [-0.2, -0.15) is 0 Å². The van der Waals surface area contributed by atoms with Crippen molar-refractivity contribution in [3.05, 3.63) is 66.4 Å². The molecule has 0 bridgehead atoms. The van der Waals surface area contributed by atoms with E-state index < -0.39 is 0 Å². The van der Waals surface area contributed by atoms with Gasteiger partial charge < -0.3 is 0 Å². The molecule has 0 aliphatic heterocycles. The van der Waals surface area contributed by atoms with Crippen molar-refractivity contribution in [2.24, 2.45) is 0 Å². The molecule has 0 aliphatic carbocycles. The molecule has 1 aromatic carbocycles. The van der Waals surface area contributed by atoms with Gasteiger partial charge in [0, 0.05) is 36.1 Å². The number of rotatable bonds is 2. The van der Waals surface area contributed by atoms with Gasteiger partial charge in [0.2, 0.25) is 5.78 Å². The Hall–Kier alpha value is -2.69. The Bertz CT molecular complexity index is 945. The standard InChI is InChI=1S/C16H13BN4/c17-13-8-19-16-20-9-14(21(16)10-13)7-11-3-4-15-12(6-11)2-1-5-18-15/h1-6,8-10H,7,17H2. The van der Waals surface area contributed by atoms with Crippen LogP contribution in [-0.4, -0.2) is 27.2 Å². The molecule has 0 aliphatic rings. The molecule has 5 heteroatoms. The number of imidazole rings is 1. The molecule has 4 rings (SSSR count). The highest BCUT2D eigenvalue weighted by molar-refractivity contribution is 6.31. The molecule has 0 radical (unpaired) electrons. The van der Waals surface area contributed by atoms with Gasteiger partial charge in [0.05, 0.1) is 11.7 Å². The summed E-state index contributed by atoms with van der Waals surface area (Å²) in [6, 6.07) is 10.4. The number of hydrogen-bond acceptors (Lipinski definition) is 3.